The van der Waals surface area contributed by atoms with Gasteiger partial charge in [0.1, 0.15) is 0 Å². The van der Waals surface area contributed by atoms with Crippen LogP contribution in [0.3, 0.4) is 0 Å². The van der Waals surface area contributed by atoms with Gasteiger partial charge in [-0.1, -0.05) is 29.8 Å². The Kier molecular flexibility index (Phi) is 4.97. The van der Waals surface area contributed by atoms with E-state index in [-0.39, 0.29) is 6.04 Å². The highest BCUT2D eigenvalue weighted by Crippen LogP contribution is 2.32. The molecule has 0 fully saturated rings. The number of nitrogens with zero attached hydrogens (tertiary/aromatic N) is 5. The highest BCUT2D eigenvalue weighted by Gasteiger charge is 2.15. The Bertz CT molecular complexity index is 1120. The Hall–Kier alpha value is -2.62. The summed E-state index contributed by atoms with van der Waals surface area (Å²) in [4.78, 5) is 4.86. The molecule has 0 aliphatic heterocycles. The fraction of sp³-hybridized carbons (Fsp3) is 0.250. The summed E-state index contributed by atoms with van der Waals surface area (Å²) in [5.41, 5.74) is 3.23. The van der Waals surface area contributed by atoms with Crippen LogP contribution in [0, 0.1) is 11.3 Å². The molecule has 0 aliphatic carbocycles. The predicted octanol–water partition coefficient (Wildman–Crippen LogP) is 5.33. The minimum absolute atomic E-state index is 0.188. The van der Waals surface area contributed by atoms with Gasteiger partial charge in [-0.2, -0.15) is 10.4 Å². The predicted molar refractivity (Wildman–Crippen MR) is 109 cm³/mol. The van der Waals surface area contributed by atoms with E-state index in [1.807, 2.05) is 23.0 Å². The molecule has 0 radical (unpaired) electrons. The SMILES string of the molecule is CC(Cc1nc(-c2cn(CCC#N)c3ccccc23)cs1)n1cc(Cl)cn1. The monoisotopic (exact) mass is 395 g/mol. The van der Waals surface area contributed by atoms with Crippen molar-refractivity contribution in [2.75, 3.05) is 0 Å². The third-order valence-electron chi connectivity index (χ3n) is 4.57. The van der Waals surface area contributed by atoms with E-state index < -0.39 is 0 Å². The number of para-hydroxylation sites is 1. The average molecular weight is 396 g/mol. The summed E-state index contributed by atoms with van der Waals surface area (Å²) in [6.45, 7) is 2.79. The molecule has 4 rings (SSSR count). The number of halogens is 1. The number of hydrogen-bond donors (Lipinski definition) is 0. The van der Waals surface area contributed by atoms with E-state index >= 15 is 0 Å². The molecule has 0 aliphatic rings. The highest BCUT2D eigenvalue weighted by molar-refractivity contribution is 7.10. The van der Waals surface area contributed by atoms with E-state index in [1.165, 1.54) is 5.39 Å². The van der Waals surface area contributed by atoms with Crippen LogP contribution in [0.1, 0.15) is 24.4 Å². The van der Waals surface area contributed by atoms with Crippen LogP contribution in [0.4, 0.5) is 0 Å². The van der Waals surface area contributed by atoms with Gasteiger partial charge in [-0.05, 0) is 13.0 Å². The fourth-order valence-corrected chi connectivity index (χ4v) is 4.30. The number of thiazole rings is 1. The number of benzene rings is 1. The van der Waals surface area contributed by atoms with E-state index in [9.17, 15) is 0 Å². The van der Waals surface area contributed by atoms with Crippen molar-refractivity contribution in [2.24, 2.45) is 0 Å². The third-order valence-corrected chi connectivity index (χ3v) is 5.64. The summed E-state index contributed by atoms with van der Waals surface area (Å²) < 4.78 is 4.01. The van der Waals surface area contributed by atoms with Crippen LogP contribution in [0.15, 0.2) is 48.2 Å². The average Bonchev–Trinajstić information content (AvgIpc) is 3.38. The van der Waals surface area contributed by atoms with Crippen molar-refractivity contribution < 1.29 is 0 Å². The van der Waals surface area contributed by atoms with Gasteiger partial charge in [0.05, 0.1) is 40.5 Å². The van der Waals surface area contributed by atoms with Crippen molar-refractivity contribution in [3.8, 4) is 17.3 Å². The van der Waals surface area contributed by atoms with Gasteiger partial charge >= 0.3 is 0 Å². The molecule has 7 heteroatoms. The van der Waals surface area contributed by atoms with Gasteiger partial charge in [0.25, 0.3) is 0 Å². The van der Waals surface area contributed by atoms with Gasteiger partial charge in [0.15, 0.2) is 0 Å². The second-order valence-electron chi connectivity index (χ2n) is 6.48. The summed E-state index contributed by atoms with van der Waals surface area (Å²) in [5, 5.41) is 18.2. The Balaban J connectivity index is 1.62. The lowest BCUT2D eigenvalue weighted by atomic mass is 10.1. The number of rotatable bonds is 6. The molecular weight excluding hydrogens is 378 g/mol. The third kappa shape index (κ3) is 3.61. The first-order chi connectivity index (χ1) is 13.2. The number of aryl methyl sites for hydroxylation is 1. The molecule has 1 atom stereocenters. The van der Waals surface area contributed by atoms with E-state index in [1.54, 1.807) is 17.5 Å². The molecule has 0 amide bonds. The van der Waals surface area contributed by atoms with Crippen LogP contribution in [-0.4, -0.2) is 19.3 Å². The second kappa shape index (κ2) is 7.55. The molecule has 136 valence electrons. The largest absolute Gasteiger partial charge is 0.346 e. The molecular formula is C20H18ClN5S. The Labute approximate surface area is 166 Å². The number of hydrogen-bond acceptors (Lipinski definition) is 4. The molecule has 0 saturated carbocycles. The molecule has 0 spiro atoms. The van der Waals surface area contributed by atoms with Crippen LogP contribution in [0.2, 0.25) is 5.02 Å². The summed E-state index contributed by atoms with van der Waals surface area (Å²) >= 11 is 7.63. The minimum atomic E-state index is 0.188. The lowest BCUT2D eigenvalue weighted by molar-refractivity contribution is 0.488. The molecule has 5 nitrogen and oxygen atoms in total. The van der Waals surface area contributed by atoms with Crippen LogP contribution in [-0.2, 0) is 13.0 Å². The molecule has 27 heavy (non-hydrogen) atoms. The zero-order valence-corrected chi connectivity index (χ0v) is 16.4. The molecule has 0 bridgehead atoms. The second-order valence-corrected chi connectivity index (χ2v) is 7.86. The first-order valence-electron chi connectivity index (χ1n) is 8.75. The maximum atomic E-state index is 8.92. The minimum Gasteiger partial charge on any atom is -0.346 e. The van der Waals surface area contributed by atoms with Gasteiger partial charge in [-0.25, -0.2) is 4.98 Å². The topological polar surface area (TPSA) is 59.4 Å². The first kappa shape index (κ1) is 17.8. The normalized spacial score (nSPS) is 12.3. The maximum Gasteiger partial charge on any atom is 0.0953 e. The van der Waals surface area contributed by atoms with Crippen LogP contribution >= 0.6 is 22.9 Å². The summed E-state index contributed by atoms with van der Waals surface area (Å²) in [6.07, 6.45) is 6.89. The summed E-state index contributed by atoms with van der Waals surface area (Å²) in [5.74, 6) is 0. The van der Waals surface area contributed by atoms with E-state index in [0.29, 0.717) is 18.0 Å². The Morgan fingerprint density at radius 2 is 2.15 bits per heavy atom. The number of aromatic nitrogens is 4. The van der Waals surface area contributed by atoms with Gasteiger partial charge < -0.3 is 4.57 Å². The summed E-state index contributed by atoms with van der Waals surface area (Å²) in [7, 11) is 0. The lowest BCUT2D eigenvalue weighted by Gasteiger charge is -2.09. The van der Waals surface area contributed by atoms with E-state index in [0.717, 1.165) is 28.2 Å². The van der Waals surface area contributed by atoms with Gasteiger partial charge in [-0.3, -0.25) is 4.68 Å². The quantitative estimate of drug-likeness (QED) is 0.443. The van der Waals surface area contributed by atoms with Gasteiger partial charge in [0.2, 0.25) is 0 Å². The highest BCUT2D eigenvalue weighted by atomic mass is 35.5. The number of nitriles is 1. The maximum absolute atomic E-state index is 8.92. The van der Waals surface area contributed by atoms with E-state index in [2.05, 4.69) is 46.4 Å². The van der Waals surface area contributed by atoms with Crippen LogP contribution in [0.25, 0.3) is 22.2 Å². The van der Waals surface area contributed by atoms with Crippen molar-refractivity contribution in [1.82, 2.24) is 19.3 Å². The van der Waals surface area contributed by atoms with Crippen molar-refractivity contribution in [3.63, 3.8) is 0 Å². The number of fused-ring (bicyclic) bond motifs is 1. The molecule has 0 saturated heterocycles. The standard InChI is InChI=1S/C20H18ClN5S/c1-14(26-11-15(21)10-23-26)9-20-24-18(13-27-20)17-12-25(8-4-7-22)19-6-3-2-5-16(17)19/h2-3,5-6,10-14H,4,8-9H2,1H3. The zero-order chi connectivity index (χ0) is 18.8. The van der Waals surface area contributed by atoms with Crippen LogP contribution in [0.5, 0.6) is 0 Å². The lowest BCUT2D eigenvalue weighted by Crippen LogP contribution is -2.08. The molecule has 0 N–H and O–H groups in total. The van der Waals surface area contributed by atoms with Crippen LogP contribution < -0.4 is 0 Å². The molecule has 1 aromatic carbocycles. The van der Waals surface area contributed by atoms with Crippen molar-refractivity contribution in [2.45, 2.75) is 32.4 Å². The van der Waals surface area contributed by atoms with E-state index in [4.69, 9.17) is 21.8 Å². The molecule has 3 aromatic heterocycles. The Morgan fingerprint density at radius 1 is 1.30 bits per heavy atom. The van der Waals surface area contributed by atoms with Gasteiger partial charge in [0, 0.05) is 47.2 Å². The van der Waals surface area contributed by atoms with Crippen molar-refractivity contribution >= 4 is 33.8 Å². The Morgan fingerprint density at radius 3 is 2.93 bits per heavy atom. The molecule has 3 heterocycles. The van der Waals surface area contributed by atoms with Crippen molar-refractivity contribution in [3.05, 3.63) is 58.3 Å². The fourth-order valence-electron chi connectivity index (χ4n) is 3.24. The van der Waals surface area contributed by atoms with Gasteiger partial charge in [-0.15, -0.1) is 11.3 Å². The first-order valence-corrected chi connectivity index (χ1v) is 10.0. The molecule has 1 unspecified atom stereocenters. The smallest absolute Gasteiger partial charge is 0.0953 e. The van der Waals surface area contributed by atoms with Crippen molar-refractivity contribution in [1.29, 1.82) is 5.26 Å². The molecule has 4 aromatic rings. The summed E-state index contributed by atoms with van der Waals surface area (Å²) in [6, 6.07) is 10.7. The zero-order valence-electron chi connectivity index (χ0n) is 14.8.